The summed E-state index contributed by atoms with van der Waals surface area (Å²) in [5, 5.41) is 0. The fourth-order valence-corrected chi connectivity index (χ4v) is 3.24. The Balaban J connectivity index is 1.66. The first-order valence-corrected chi connectivity index (χ1v) is 6.59. The zero-order valence-corrected chi connectivity index (χ0v) is 10.2. The van der Waals surface area contributed by atoms with E-state index in [2.05, 4.69) is 4.90 Å². The van der Waals surface area contributed by atoms with Crippen molar-refractivity contribution in [1.29, 1.82) is 0 Å². The normalized spacial score (nSPS) is 38.4. The first kappa shape index (κ1) is 11.4. The third-order valence-electron chi connectivity index (χ3n) is 4.35. The summed E-state index contributed by atoms with van der Waals surface area (Å²) in [6.45, 7) is 4.89. The summed E-state index contributed by atoms with van der Waals surface area (Å²) in [6.07, 6.45) is 3.15. The van der Waals surface area contributed by atoms with Crippen LogP contribution in [0.4, 0.5) is 0 Å². The molecule has 3 aliphatic heterocycles. The highest BCUT2D eigenvalue weighted by molar-refractivity contribution is 5.86. The van der Waals surface area contributed by atoms with Crippen LogP contribution in [0.15, 0.2) is 0 Å². The number of fused-ring (bicyclic) bond motifs is 1. The predicted molar refractivity (Wildman–Crippen MR) is 63.5 cm³/mol. The van der Waals surface area contributed by atoms with Crippen molar-refractivity contribution in [2.45, 2.75) is 30.8 Å². The Kier molecular flexibility index (Phi) is 2.84. The molecule has 3 rings (SSSR count). The van der Waals surface area contributed by atoms with Crippen LogP contribution in [0, 0.1) is 0 Å². The molecule has 3 heterocycles. The number of nitrogens with zero attached hydrogens (tertiary/aromatic N) is 2. The lowest BCUT2D eigenvalue weighted by molar-refractivity contribution is -0.139. The fourth-order valence-electron chi connectivity index (χ4n) is 3.24. The Morgan fingerprint density at radius 1 is 1.35 bits per heavy atom. The molecule has 0 aromatic carbocycles. The Bertz CT molecular complexity index is 315. The summed E-state index contributed by atoms with van der Waals surface area (Å²) in [6, 6.07) is 0.568. The number of carbonyl (C=O) groups excluding carboxylic acids is 1. The van der Waals surface area contributed by atoms with Crippen LogP contribution in [0.1, 0.15) is 19.3 Å². The summed E-state index contributed by atoms with van der Waals surface area (Å²) >= 11 is 0. The molecule has 0 radical (unpaired) electrons. The summed E-state index contributed by atoms with van der Waals surface area (Å²) in [4.78, 5) is 16.9. The van der Waals surface area contributed by atoms with Gasteiger partial charge in [0.1, 0.15) is 5.54 Å². The molecule has 3 fully saturated rings. The Labute approximate surface area is 102 Å². The van der Waals surface area contributed by atoms with Gasteiger partial charge in [0.25, 0.3) is 0 Å². The van der Waals surface area contributed by atoms with Crippen molar-refractivity contribution in [2.24, 2.45) is 5.73 Å². The molecule has 3 aliphatic rings. The van der Waals surface area contributed by atoms with Crippen LogP contribution in [0.2, 0.25) is 0 Å². The lowest BCUT2D eigenvalue weighted by Gasteiger charge is -2.40. The van der Waals surface area contributed by atoms with Gasteiger partial charge in [0.2, 0.25) is 5.91 Å². The van der Waals surface area contributed by atoms with E-state index in [9.17, 15) is 4.79 Å². The van der Waals surface area contributed by atoms with Crippen molar-refractivity contribution >= 4 is 5.91 Å². The molecule has 0 aliphatic carbocycles. The molecule has 0 saturated carbocycles. The topological polar surface area (TPSA) is 58.8 Å². The molecule has 1 amide bonds. The molecule has 0 bridgehead atoms. The fraction of sp³-hybridized carbons (Fsp3) is 0.917. The number of ether oxygens (including phenoxy) is 1. The van der Waals surface area contributed by atoms with Crippen LogP contribution in [0.5, 0.6) is 0 Å². The van der Waals surface area contributed by atoms with Gasteiger partial charge in [0.05, 0.1) is 6.61 Å². The predicted octanol–water partition coefficient (Wildman–Crippen LogP) is -0.589. The van der Waals surface area contributed by atoms with Crippen molar-refractivity contribution in [1.82, 2.24) is 9.80 Å². The van der Waals surface area contributed by atoms with Gasteiger partial charge in [-0.3, -0.25) is 9.69 Å². The molecule has 2 atom stereocenters. The number of hydrogen-bond acceptors (Lipinski definition) is 4. The van der Waals surface area contributed by atoms with Gasteiger partial charge < -0.3 is 15.4 Å². The summed E-state index contributed by atoms with van der Waals surface area (Å²) < 4.78 is 5.28. The zero-order valence-electron chi connectivity index (χ0n) is 10.2. The summed E-state index contributed by atoms with van der Waals surface area (Å²) in [7, 11) is 0. The van der Waals surface area contributed by atoms with E-state index in [1.54, 1.807) is 0 Å². The maximum Gasteiger partial charge on any atom is 0.245 e. The summed E-state index contributed by atoms with van der Waals surface area (Å²) in [5.74, 6) is 0.0987. The minimum Gasteiger partial charge on any atom is -0.379 e. The van der Waals surface area contributed by atoms with E-state index in [1.165, 1.54) is 19.4 Å². The van der Waals surface area contributed by atoms with Crippen LogP contribution in [0.25, 0.3) is 0 Å². The molecular weight excluding hydrogens is 218 g/mol. The molecule has 0 aromatic rings. The molecule has 0 spiro atoms. The first-order valence-electron chi connectivity index (χ1n) is 6.59. The smallest absolute Gasteiger partial charge is 0.245 e. The van der Waals surface area contributed by atoms with Gasteiger partial charge in [-0.1, -0.05) is 0 Å². The second kappa shape index (κ2) is 4.23. The molecule has 96 valence electrons. The Hall–Kier alpha value is -0.650. The van der Waals surface area contributed by atoms with E-state index in [4.69, 9.17) is 10.5 Å². The number of nitrogens with two attached hydrogens (primary N) is 1. The van der Waals surface area contributed by atoms with E-state index in [0.29, 0.717) is 25.7 Å². The second-order valence-corrected chi connectivity index (χ2v) is 5.54. The van der Waals surface area contributed by atoms with Gasteiger partial charge in [-0.25, -0.2) is 0 Å². The molecule has 3 saturated heterocycles. The standard InChI is InChI=1S/C12H21N3O2/c13-12(3-7-17-9-12)11(16)15-6-5-14-4-1-2-10(14)8-15/h10H,1-9,13H2. The highest BCUT2D eigenvalue weighted by atomic mass is 16.5. The maximum absolute atomic E-state index is 12.4. The molecule has 2 unspecified atom stereocenters. The van der Waals surface area contributed by atoms with E-state index in [-0.39, 0.29) is 5.91 Å². The molecule has 5 nitrogen and oxygen atoms in total. The largest absolute Gasteiger partial charge is 0.379 e. The third kappa shape index (κ3) is 1.96. The van der Waals surface area contributed by atoms with Crippen LogP contribution < -0.4 is 5.73 Å². The lowest BCUT2D eigenvalue weighted by Crippen LogP contribution is -2.61. The van der Waals surface area contributed by atoms with Gasteiger partial charge in [-0.2, -0.15) is 0 Å². The number of rotatable bonds is 1. The van der Waals surface area contributed by atoms with Crippen molar-refractivity contribution in [2.75, 3.05) is 39.4 Å². The molecular formula is C12H21N3O2. The highest BCUT2D eigenvalue weighted by Gasteiger charge is 2.43. The minimum absolute atomic E-state index is 0.0987. The van der Waals surface area contributed by atoms with Crippen LogP contribution in [-0.4, -0.2) is 66.7 Å². The summed E-state index contributed by atoms with van der Waals surface area (Å²) in [5.41, 5.74) is 5.39. The number of carbonyl (C=O) groups is 1. The molecule has 5 heteroatoms. The van der Waals surface area contributed by atoms with E-state index >= 15 is 0 Å². The van der Waals surface area contributed by atoms with E-state index in [1.807, 2.05) is 4.90 Å². The van der Waals surface area contributed by atoms with Crippen molar-refractivity contribution in [3.05, 3.63) is 0 Å². The average molecular weight is 239 g/mol. The van der Waals surface area contributed by atoms with Crippen LogP contribution >= 0.6 is 0 Å². The van der Waals surface area contributed by atoms with Gasteiger partial charge in [-0.05, 0) is 25.8 Å². The maximum atomic E-state index is 12.4. The monoisotopic (exact) mass is 239 g/mol. The Morgan fingerprint density at radius 2 is 2.24 bits per heavy atom. The Morgan fingerprint density at radius 3 is 3.00 bits per heavy atom. The molecule has 2 N–H and O–H groups in total. The van der Waals surface area contributed by atoms with Crippen LogP contribution in [-0.2, 0) is 9.53 Å². The van der Waals surface area contributed by atoms with E-state index in [0.717, 1.165) is 19.6 Å². The lowest BCUT2D eigenvalue weighted by atomic mass is 9.97. The van der Waals surface area contributed by atoms with Crippen molar-refractivity contribution < 1.29 is 9.53 Å². The number of piperazine rings is 1. The van der Waals surface area contributed by atoms with Crippen LogP contribution in [0.3, 0.4) is 0 Å². The van der Waals surface area contributed by atoms with Crippen molar-refractivity contribution in [3.63, 3.8) is 0 Å². The van der Waals surface area contributed by atoms with E-state index < -0.39 is 5.54 Å². The molecule has 17 heavy (non-hydrogen) atoms. The number of hydrogen-bond donors (Lipinski definition) is 1. The van der Waals surface area contributed by atoms with Gasteiger partial charge in [0.15, 0.2) is 0 Å². The zero-order chi connectivity index (χ0) is 11.9. The SMILES string of the molecule is NC1(C(=O)N2CCN3CCCC3C2)CCOC1. The number of amides is 1. The van der Waals surface area contributed by atoms with Crippen molar-refractivity contribution in [3.8, 4) is 0 Å². The first-order chi connectivity index (χ1) is 8.19. The molecule has 0 aromatic heterocycles. The third-order valence-corrected chi connectivity index (χ3v) is 4.35. The quantitative estimate of drug-likeness (QED) is 0.664. The minimum atomic E-state index is -0.749. The van der Waals surface area contributed by atoms with Gasteiger partial charge >= 0.3 is 0 Å². The average Bonchev–Trinajstić information content (AvgIpc) is 2.96. The van der Waals surface area contributed by atoms with Gasteiger partial charge in [-0.15, -0.1) is 0 Å². The second-order valence-electron chi connectivity index (χ2n) is 5.54. The van der Waals surface area contributed by atoms with Gasteiger partial charge in [0, 0.05) is 32.3 Å². The highest BCUT2D eigenvalue weighted by Crippen LogP contribution is 2.25.